The monoisotopic (exact) mass is 447 g/mol. The topological polar surface area (TPSA) is 63.7 Å². The molecule has 1 fully saturated rings. The highest BCUT2D eigenvalue weighted by molar-refractivity contribution is 7.92. The van der Waals surface area contributed by atoms with Crippen LogP contribution in [0.25, 0.3) is 0 Å². The number of nitrogens with zero attached hydrogens (tertiary/aromatic N) is 1. The lowest BCUT2D eigenvalue weighted by Gasteiger charge is -2.17. The fraction of sp³-hybridized carbons (Fsp3) is 0.278. The molecule has 0 radical (unpaired) electrons. The van der Waals surface area contributed by atoms with Crippen LogP contribution in [-0.4, -0.2) is 44.2 Å². The van der Waals surface area contributed by atoms with Gasteiger partial charge in [0, 0.05) is 23.1 Å². The second-order valence-electron chi connectivity index (χ2n) is 6.11. The maximum atomic E-state index is 12.7. The molecule has 1 atom stereocenters. The molecule has 27 heavy (non-hydrogen) atoms. The molecule has 3 rings (SSSR count). The molecule has 1 aliphatic heterocycles. The summed E-state index contributed by atoms with van der Waals surface area (Å²) in [4.78, 5) is 14.1. The van der Waals surface area contributed by atoms with Gasteiger partial charge in [0.15, 0.2) is 16.4 Å². The van der Waals surface area contributed by atoms with Crippen LogP contribution in [0, 0.1) is 0 Å². The van der Waals surface area contributed by atoms with Gasteiger partial charge in [0.2, 0.25) is 0 Å². The van der Waals surface area contributed by atoms with Gasteiger partial charge in [0.05, 0.1) is 15.2 Å². The Hall–Kier alpha value is -1.47. The van der Waals surface area contributed by atoms with Gasteiger partial charge in [-0.15, -0.1) is 0 Å². The van der Waals surface area contributed by atoms with Gasteiger partial charge < -0.3 is 9.64 Å². The molecule has 2 aromatic carbocycles. The van der Waals surface area contributed by atoms with Crippen LogP contribution in [0.15, 0.2) is 47.4 Å². The zero-order chi connectivity index (χ0) is 19.6. The Bertz CT molecular complexity index is 948. The van der Waals surface area contributed by atoms with E-state index >= 15 is 0 Å². The van der Waals surface area contributed by atoms with Gasteiger partial charge in [-0.25, -0.2) is 8.42 Å². The Labute approximate surface area is 172 Å². The molecular weight excluding hydrogens is 433 g/mol. The van der Waals surface area contributed by atoms with Gasteiger partial charge in [-0.2, -0.15) is 0 Å². The fourth-order valence-electron chi connectivity index (χ4n) is 2.85. The van der Waals surface area contributed by atoms with Crippen LogP contribution in [0.3, 0.4) is 0 Å². The second-order valence-corrected chi connectivity index (χ2v) is 9.62. The summed E-state index contributed by atoms with van der Waals surface area (Å²) in [5.41, 5.74) is 0. The summed E-state index contributed by atoms with van der Waals surface area (Å²) in [6.07, 6.45) is 0.373. The fourth-order valence-corrected chi connectivity index (χ4v) is 5.13. The Balaban J connectivity index is 1.61. The molecule has 0 aliphatic carbocycles. The van der Waals surface area contributed by atoms with Crippen LogP contribution in [-0.2, 0) is 14.6 Å². The first kappa shape index (κ1) is 20.3. The van der Waals surface area contributed by atoms with E-state index < -0.39 is 15.1 Å². The molecule has 2 aromatic rings. The first-order valence-corrected chi connectivity index (χ1v) is 10.8. The molecule has 1 amide bonds. The Kier molecular flexibility index (Phi) is 6.21. The third kappa shape index (κ3) is 4.69. The summed E-state index contributed by atoms with van der Waals surface area (Å²) < 4.78 is 30.9. The standard InChI is InChI=1S/C18H16Cl3NO4S/c19-12-1-4-14(5-2-12)27(24,25)15-7-8-22(10-15)18(23)11-26-17-6-3-13(20)9-16(17)21/h1-6,9,15H,7-8,10-11H2. The van der Waals surface area contributed by atoms with Gasteiger partial charge in [0.1, 0.15) is 5.75 Å². The van der Waals surface area contributed by atoms with E-state index in [1.54, 1.807) is 12.1 Å². The number of ether oxygens (including phenoxy) is 1. The summed E-state index contributed by atoms with van der Waals surface area (Å²) in [5.74, 6) is 0.0498. The highest BCUT2D eigenvalue weighted by atomic mass is 35.5. The number of amides is 1. The number of rotatable bonds is 5. The number of benzene rings is 2. The number of sulfone groups is 1. The maximum Gasteiger partial charge on any atom is 0.260 e. The number of carbonyl (C=O) groups excluding carboxylic acids is 1. The number of hydrogen-bond donors (Lipinski definition) is 0. The highest BCUT2D eigenvalue weighted by Crippen LogP contribution is 2.28. The molecule has 0 saturated carbocycles. The van der Waals surface area contributed by atoms with Crippen molar-refractivity contribution in [2.24, 2.45) is 0 Å². The van der Waals surface area contributed by atoms with Crippen LogP contribution in [0.1, 0.15) is 6.42 Å². The van der Waals surface area contributed by atoms with Crippen molar-refractivity contribution in [3.8, 4) is 5.75 Å². The summed E-state index contributed by atoms with van der Waals surface area (Å²) >= 11 is 17.6. The number of hydrogen-bond acceptors (Lipinski definition) is 4. The predicted octanol–water partition coefficient (Wildman–Crippen LogP) is 4.10. The van der Waals surface area contributed by atoms with Crippen LogP contribution >= 0.6 is 34.8 Å². The lowest BCUT2D eigenvalue weighted by Crippen LogP contribution is -2.35. The zero-order valence-corrected chi connectivity index (χ0v) is 17.2. The first-order valence-electron chi connectivity index (χ1n) is 8.12. The van der Waals surface area contributed by atoms with Crippen molar-refractivity contribution >= 4 is 50.5 Å². The minimum atomic E-state index is -3.53. The molecular formula is C18H16Cl3NO4S. The van der Waals surface area contributed by atoms with Crippen molar-refractivity contribution in [3.05, 3.63) is 57.5 Å². The lowest BCUT2D eigenvalue weighted by atomic mass is 10.3. The Morgan fingerprint density at radius 2 is 1.74 bits per heavy atom. The molecule has 0 bridgehead atoms. The van der Waals surface area contributed by atoms with Crippen LogP contribution in [0.4, 0.5) is 0 Å². The van der Waals surface area contributed by atoms with E-state index in [2.05, 4.69) is 0 Å². The van der Waals surface area contributed by atoms with E-state index in [1.165, 1.54) is 35.2 Å². The van der Waals surface area contributed by atoms with Gasteiger partial charge in [-0.1, -0.05) is 34.8 Å². The van der Waals surface area contributed by atoms with Gasteiger partial charge in [0.25, 0.3) is 5.91 Å². The second kappa shape index (κ2) is 8.27. The molecule has 1 unspecified atom stereocenters. The van der Waals surface area contributed by atoms with Crippen LogP contribution < -0.4 is 4.74 Å². The van der Waals surface area contributed by atoms with E-state index in [1.807, 2.05) is 0 Å². The zero-order valence-electron chi connectivity index (χ0n) is 14.1. The SMILES string of the molecule is O=C(COc1ccc(Cl)cc1Cl)N1CCC(S(=O)(=O)c2ccc(Cl)cc2)C1. The molecule has 1 heterocycles. The van der Waals surface area contributed by atoms with Crippen molar-refractivity contribution in [1.29, 1.82) is 0 Å². The average Bonchev–Trinajstić information content (AvgIpc) is 3.12. The van der Waals surface area contributed by atoms with Gasteiger partial charge in [-0.3, -0.25) is 4.79 Å². The minimum absolute atomic E-state index is 0.126. The molecule has 1 saturated heterocycles. The first-order chi connectivity index (χ1) is 12.8. The van der Waals surface area contributed by atoms with Crippen molar-refractivity contribution in [2.75, 3.05) is 19.7 Å². The molecule has 0 N–H and O–H groups in total. The van der Waals surface area contributed by atoms with E-state index in [-0.39, 0.29) is 24.0 Å². The molecule has 1 aliphatic rings. The molecule has 144 valence electrons. The quantitative estimate of drug-likeness (QED) is 0.691. The summed E-state index contributed by atoms with van der Waals surface area (Å²) in [6.45, 7) is 0.255. The normalized spacial score (nSPS) is 17.1. The Morgan fingerprint density at radius 1 is 1.07 bits per heavy atom. The van der Waals surface area contributed by atoms with Crippen molar-refractivity contribution in [2.45, 2.75) is 16.6 Å². The average molecular weight is 449 g/mol. The third-order valence-electron chi connectivity index (χ3n) is 4.32. The minimum Gasteiger partial charge on any atom is -0.482 e. The lowest BCUT2D eigenvalue weighted by molar-refractivity contribution is -0.132. The van der Waals surface area contributed by atoms with E-state index in [4.69, 9.17) is 39.5 Å². The predicted molar refractivity (Wildman–Crippen MR) is 106 cm³/mol. The smallest absolute Gasteiger partial charge is 0.260 e. The largest absolute Gasteiger partial charge is 0.482 e. The van der Waals surface area contributed by atoms with E-state index in [0.717, 1.165) is 0 Å². The number of halogens is 3. The van der Waals surface area contributed by atoms with E-state index in [9.17, 15) is 13.2 Å². The van der Waals surface area contributed by atoms with Crippen molar-refractivity contribution in [1.82, 2.24) is 4.90 Å². The third-order valence-corrected chi connectivity index (χ3v) is 7.30. The summed E-state index contributed by atoms with van der Waals surface area (Å²) in [5, 5.41) is 0.588. The van der Waals surface area contributed by atoms with Gasteiger partial charge in [-0.05, 0) is 48.9 Å². The van der Waals surface area contributed by atoms with Crippen LogP contribution in [0.2, 0.25) is 15.1 Å². The molecule has 5 nitrogen and oxygen atoms in total. The summed E-state index contributed by atoms with van der Waals surface area (Å²) in [6, 6.07) is 10.7. The Morgan fingerprint density at radius 3 is 2.41 bits per heavy atom. The molecule has 9 heteroatoms. The number of likely N-dealkylation sites (tertiary alicyclic amines) is 1. The number of carbonyl (C=O) groups is 1. The molecule has 0 spiro atoms. The van der Waals surface area contributed by atoms with Crippen molar-refractivity contribution in [3.63, 3.8) is 0 Å². The van der Waals surface area contributed by atoms with Crippen LogP contribution in [0.5, 0.6) is 5.75 Å². The van der Waals surface area contributed by atoms with E-state index in [0.29, 0.717) is 33.8 Å². The van der Waals surface area contributed by atoms with Crippen molar-refractivity contribution < 1.29 is 17.9 Å². The maximum absolute atomic E-state index is 12.7. The highest BCUT2D eigenvalue weighted by Gasteiger charge is 2.36. The molecule has 0 aromatic heterocycles. The summed E-state index contributed by atoms with van der Waals surface area (Å²) in [7, 11) is -3.53. The van der Waals surface area contributed by atoms with Gasteiger partial charge >= 0.3 is 0 Å².